The van der Waals surface area contributed by atoms with Gasteiger partial charge in [0.15, 0.2) is 0 Å². The molecule has 0 aliphatic carbocycles. The molecule has 3 aromatic rings. The molecular formula is C29H33N7O. The van der Waals surface area contributed by atoms with E-state index in [1.54, 1.807) is 11.1 Å². The molecule has 2 aliphatic rings. The van der Waals surface area contributed by atoms with Gasteiger partial charge in [-0.2, -0.15) is 4.98 Å². The Morgan fingerprint density at radius 1 is 1.08 bits per heavy atom. The molecule has 37 heavy (non-hydrogen) atoms. The molecule has 190 valence electrons. The van der Waals surface area contributed by atoms with Crippen LogP contribution in [0.2, 0.25) is 0 Å². The average Bonchev–Trinajstić information content (AvgIpc) is 2.89. The fourth-order valence-corrected chi connectivity index (χ4v) is 4.64. The maximum absolute atomic E-state index is 12.7. The number of benzene rings is 2. The number of nitrogens with zero attached hydrogens (tertiary/aromatic N) is 5. The van der Waals surface area contributed by atoms with Crippen molar-refractivity contribution in [3.05, 3.63) is 89.6 Å². The molecule has 8 heteroatoms. The molecule has 1 atom stereocenters. The van der Waals surface area contributed by atoms with Crippen LogP contribution < -0.4 is 16.0 Å². The van der Waals surface area contributed by atoms with Crippen molar-refractivity contribution in [2.75, 3.05) is 23.3 Å². The summed E-state index contributed by atoms with van der Waals surface area (Å²) in [6.07, 6.45) is 4.95. The van der Waals surface area contributed by atoms with Crippen molar-refractivity contribution in [3.63, 3.8) is 0 Å². The van der Waals surface area contributed by atoms with Gasteiger partial charge in [0.2, 0.25) is 17.8 Å². The quantitative estimate of drug-likeness (QED) is 0.511. The van der Waals surface area contributed by atoms with E-state index >= 15 is 0 Å². The zero-order valence-corrected chi connectivity index (χ0v) is 21.6. The Labute approximate surface area is 217 Å². The second kappa shape index (κ2) is 10.1. The van der Waals surface area contributed by atoms with Gasteiger partial charge in [0.1, 0.15) is 5.82 Å². The molecule has 1 fully saturated rings. The lowest BCUT2D eigenvalue weighted by Crippen LogP contribution is -2.54. The highest BCUT2D eigenvalue weighted by Gasteiger charge is 2.33. The summed E-state index contributed by atoms with van der Waals surface area (Å²) in [4.78, 5) is 30.5. The number of aromatic nitrogens is 2. The highest BCUT2D eigenvalue weighted by atomic mass is 16.2. The third-order valence-electron chi connectivity index (χ3n) is 6.60. The first kappa shape index (κ1) is 24.6. The van der Waals surface area contributed by atoms with Crippen molar-refractivity contribution in [2.45, 2.75) is 45.2 Å². The van der Waals surface area contributed by atoms with Crippen LogP contribution in [0.4, 0.5) is 11.8 Å². The summed E-state index contributed by atoms with van der Waals surface area (Å²) in [6, 6.07) is 20.4. The van der Waals surface area contributed by atoms with Gasteiger partial charge in [-0.1, -0.05) is 54.6 Å². The van der Waals surface area contributed by atoms with Crippen molar-refractivity contribution in [1.29, 1.82) is 0 Å². The van der Waals surface area contributed by atoms with E-state index in [0.29, 0.717) is 37.2 Å². The number of hydrogen-bond acceptors (Lipinski definition) is 7. The van der Waals surface area contributed by atoms with E-state index in [2.05, 4.69) is 41.5 Å². The number of guanidine groups is 1. The molecule has 1 saturated heterocycles. The van der Waals surface area contributed by atoms with Crippen LogP contribution in [0.25, 0.3) is 5.70 Å². The number of carbonyl (C=O) groups is 1. The summed E-state index contributed by atoms with van der Waals surface area (Å²) in [5, 5.41) is 3.43. The van der Waals surface area contributed by atoms with Gasteiger partial charge in [0, 0.05) is 37.3 Å². The van der Waals surface area contributed by atoms with Crippen molar-refractivity contribution < 1.29 is 4.79 Å². The van der Waals surface area contributed by atoms with Crippen LogP contribution in [-0.4, -0.2) is 45.9 Å². The lowest BCUT2D eigenvalue weighted by atomic mass is 9.93. The van der Waals surface area contributed by atoms with Gasteiger partial charge >= 0.3 is 0 Å². The monoisotopic (exact) mass is 495 g/mol. The van der Waals surface area contributed by atoms with E-state index in [1.807, 2.05) is 61.2 Å². The summed E-state index contributed by atoms with van der Waals surface area (Å²) >= 11 is 0. The van der Waals surface area contributed by atoms with Crippen LogP contribution in [0.5, 0.6) is 0 Å². The summed E-state index contributed by atoms with van der Waals surface area (Å²) in [5.74, 6) is 1.93. The largest absolute Gasteiger partial charge is 0.351 e. The van der Waals surface area contributed by atoms with Crippen molar-refractivity contribution in [2.24, 2.45) is 10.7 Å². The Morgan fingerprint density at radius 2 is 1.89 bits per heavy atom. The molecule has 2 aliphatic heterocycles. The minimum atomic E-state index is -0.384. The van der Waals surface area contributed by atoms with E-state index in [0.717, 1.165) is 23.2 Å². The lowest BCUT2D eigenvalue weighted by molar-refractivity contribution is -0.127. The van der Waals surface area contributed by atoms with Crippen molar-refractivity contribution in [3.8, 4) is 0 Å². The lowest BCUT2D eigenvalue weighted by Gasteiger charge is -2.38. The number of hydrogen-bond donors (Lipinski definition) is 2. The van der Waals surface area contributed by atoms with Gasteiger partial charge in [0.05, 0.1) is 5.70 Å². The topological polar surface area (TPSA) is 99.7 Å². The minimum Gasteiger partial charge on any atom is -0.351 e. The fourth-order valence-electron chi connectivity index (χ4n) is 4.64. The number of amides is 1. The van der Waals surface area contributed by atoms with Crippen molar-refractivity contribution in [1.82, 2.24) is 14.9 Å². The van der Waals surface area contributed by atoms with E-state index in [4.69, 9.17) is 15.7 Å². The fraction of sp³-hybridized carbons (Fsp3) is 0.310. The molecule has 3 N–H and O–H groups in total. The number of anilines is 2. The predicted octanol–water partition coefficient (Wildman–Crippen LogP) is 4.16. The number of fused-ring (bicyclic) bond motifs is 1. The molecule has 1 amide bonds. The number of rotatable bonds is 7. The molecule has 0 spiro atoms. The van der Waals surface area contributed by atoms with Crippen LogP contribution in [0.15, 0.2) is 77.9 Å². The van der Waals surface area contributed by atoms with Gasteiger partial charge in [0.25, 0.3) is 0 Å². The summed E-state index contributed by atoms with van der Waals surface area (Å²) in [5.41, 5.74) is 10.1. The van der Waals surface area contributed by atoms with E-state index in [1.165, 1.54) is 5.56 Å². The predicted molar refractivity (Wildman–Crippen MR) is 148 cm³/mol. The Kier molecular flexibility index (Phi) is 6.76. The molecule has 1 unspecified atom stereocenters. The molecule has 5 rings (SSSR count). The molecule has 0 saturated carbocycles. The van der Waals surface area contributed by atoms with E-state index < -0.39 is 0 Å². The van der Waals surface area contributed by atoms with Crippen LogP contribution in [0, 0.1) is 0 Å². The third kappa shape index (κ3) is 5.54. The Balaban J connectivity index is 1.35. The van der Waals surface area contributed by atoms with Gasteiger partial charge in [-0.3, -0.25) is 14.6 Å². The second-order valence-corrected chi connectivity index (χ2v) is 10.2. The zero-order valence-electron chi connectivity index (χ0n) is 21.6. The van der Waals surface area contributed by atoms with Crippen LogP contribution >= 0.6 is 0 Å². The van der Waals surface area contributed by atoms with Gasteiger partial charge < -0.3 is 11.1 Å². The summed E-state index contributed by atoms with van der Waals surface area (Å²) in [7, 11) is 0. The standard InChI is InChI=1S/C29H33N7O/c1-20(18-21-8-7-11-23(19-21)29(2,3)30)32-27-31-15-12-25(34-27)35-17-14-26(37)36-16-13-24(33-28(35)36)22-9-5-4-6-10-22/h4-13,15,19-20H,14,16-18,30H2,1-3H3,(H,31,32,34). The SMILES string of the molecule is CC(Cc1cccc(C(C)(C)N)c1)Nc1nccc(N2CCC(=O)N3CC=C(c4ccccc4)N=C32)n1. The highest BCUT2D eigenvalue weighted by Crippen LogP contribution is 2.27. The highest BCUT2D eigenvalue weighted by molar-refractivity contribution is 6.10. The average molecular weight is 496 g/mol. The summed E-state index contributed by atoms with van der Waals surface area (Å²) in [6.45, 7) is 7.14. The first-order chi connectivity index (χ1) is 17.8. The Bertz CT molecular complexity index is 1340. The molecule has 8 nitrogen and oxygen atoms in total. The van der Waals surface area contributed by atoms with Crippen LogP contribution in [0.1, 0.15) is 43.9 Å². The zero-order chi connectivity index (χ0) is 26.0. The smallest absolute Gasteiger partial charge is 0.231 e. The molecule has 0 bridgehead atoms. The van der Waals surface area contributed by atoms with E-state index in [9.17, 15) is 4.79 Å². The van der Waals surface area contributed by atoms with Gasteiger partial charge in [-0.15, -0.1) is 0 Å². The first-order valence-corrected chi connectivity index (χ1v) is 12.7. The van der Waals surface area contributed by atoms with Crippen molar-refractivity contribution >= 4 is 29.3 Å². The number of nitrogens with two attached hydrogens (primary N) is 1. The maximum Gasteiger partial charge on any atom is 0.231 e. The second-order valence-electron chi connectivity index (χ2n) is 10.2. The van der Waals surface area contributed by atoms with Crippen LogP contribution in [-0.2, 0) is 16.8 Å². The third-order valence-corrected chi connectivity index (χ3v) is 6.60. The normalized spacial score (nSPS) is 16.6. The number of nitrogens with one attached hydrogen (secondary N) is 1. The number of aliphatic imine (C=N–C) groups is 1. The van der Waals surface area contributed by atoms with Gasteiger partial charge in [-0.05, 0) is 56.0 Å². The Hall–Kier alpha value is -4.04. The minimum absolute atomic E-state index is 0.0716. The molecule has 3 heterocycles. The molecule has 1 aromatic heterocycles. The first-order valence-electron chi connectivity index (χ1n) is 12.7. The summed E-state index contributed by atoms with van der Waals surface area (Å²) < 4.78 is 0. The molecular weight excluding hydrogens is 462 g/mol. The maximum atomic E-state index is 12.7. The van der Waals surface area contributed by atoms with E-state index in [-0.39, 0.29) is 17.5 Å². The Morgan fingerprint density at radius 3 is 2.68 bits per heavy atom. The number of carbonyl (C=O) groups excluding carboxylic acids is 1. The molecule has 0 radical (unpaired) electrons. The van der Waals surface area contributed by atoms with Gasteiger partial charge in [-0.25, -0.2) is 9.98 Å². The molecule has 2 aromatic carbocycles. The van der Waals surface area contributed by atoms with Crippen LogP contribution in [0.3, 0.4) is 0 Å².